The van der Waals surface area contributed by atoms with Gasteiger partial charge in [-0.15, -0.1) is 0 Å². The van der Waals surface area contributed by atoms with E-state index in [9.17, 15) is 13.2 Å². The van der Waals surface area contributed by atoms with Crippen LogP contribution in [0, 0.1) is 6.92 Å². The molecule has 0 bridgehead atoms. The van der Waals surface area contributed by atoms with Gasteiger partial charge in [0, 0.05) is 22.4 Å². The van der Waals surface area contributed by atoms with Crippen LogP contribution in [0.2, 0.25) is 0 Å². The van der Waals surface area contributed by atoms with Crippen LogP contribution in [0.5, 0.6) is 0 Å². The lowest BCUT2D eigenvalue weighted by atomic mass is 10.1. The molecule has 0 unspecified atom stereocenters. The van der Waals surface area contributed by atoms with E-state index in [4.69, 9.17) is 0 Å². The Labute approximate surface area is 155 Å². The molecule has 130 valence electrons. The summed E-state index contributed by atoms with van der Waals surface area (Å²) in [5.41, 5.74) is 2.23. The zero-order chi connectivity index (χ0) is 18.3. The molecular formula is C20H15NO3S2. The maximum absolute atomic E-state index is 13.5. The minimum Gasteiger partial charge on any atom is -0.289 e. The van der Waals surface area contributed by atoms with Gasteiger partial charge in [-0.1, -0.05) is 29.8 Å². The number of hydrogen-bond acceptors (Lipinski definition) is 4. The molecule has 0 fully saturated rings. The lowest BCUT2D eigenvalue weighted by molar-refractivity contribution is 0.589. The number of aryl methyl sites for hydroxylation is 1. The van der Waals surface area contributed by atoms with E-state index in [1.54, 1.807) is 48.5 Å². The highest BCUT2D eigenvalue weighted by molar-refractivity contribution is 7.90. The smallest absolute Gasteiger partial charge is 0.268 e. The Balaban J connectivity index is 2.14. The molecule has 0 saturated heterocycles. The number of pyridine rings is 1. The van der Waals surface area contributed by atoms with Crippen LogP contribution >= 0.6 is 11.3 Å². The van der Waals surface area contributed by atoms with Crippen molar-refractivity contribution in [3.63, 3.8) is 0 Å². The van der Waals surface area contributed by atoms with Crippen molar-refractivity contribution in [2.45, 2.75) is 11.8 Å². The van der Waals surface area contributed by atoms with Gasteiger partial charge in [0.05, 0.1) is 16.1 Å². The number of para-hydroxylation sites is 1. The van der Waals surface area contributed by atoms with Crippen LogP contribution in [0.4, 0.5) is 0 Å². The first-order valence-electron chi connectivity index (χ1n) is 7.98. The summed E-state index contributed by atoms with van der Waals surface area (Å²) in [7, 11) is -3.87. The highest BCUT2D eigenvalue weighted by Gasteiger charge is 2.23. The minimum absolute atomic E-state index is 0.188. The molecule has 4 rings (SSSR count). The van der Waals surface area contributed by atoms with E-state index in [1.165, 1.54) is 21.4 Å². The van der Waals surface area contributed by atoms with Crippen LogP contribution in [0.3, 0.4) is 0 Å². The van der Waals surface area contributed by atoms with Crippen LogP contribution in [-0.2, 0) is 10.0 Å². The van der Waals surface area contributed by atoms with E-state index in [-0.39, 0.29) is 10.3 Å². The molecule has 2 aromatic heterocycles. The first-order valence-corrected chi connectivity index (χ1v) is 10.4. The summed E-state index contributed by atoms with van der Waals surface area (Å²) < 4.78 is 28.2. The molecule has 26 heavy (non-hydrogen) atoms. The van der Waals surface area contributed by atoms with Crippen LogP contribution < -0.4 is 5.43 Å². The monoisotopic (exact) mass is 381 g/mol. The second-order valence-electron chi connectivity index (χ2n) is 6.01. The number of aromatic nitrogens is 1. The number of benzene rings is 2. The SMILES string of the molecule is Cc1ccc(S(=O)(=O)n2c(-c3ccsc3)cc(=O)c3ccccc32)cc1. The maximum atomic E-state index is 13.5. The first-order chi connectivity index (χ1) is 12.5. The molecule has 0 radical (unpaired) electrons. The Morgan fingerprint density at radius 3 is 2.38 bits per heavy atom. The molecule has 0 aliphatic heterocycles. The Bertz CT molecular complexity index is 1250. The van der Waals surface area contributed by atoms with Gasteiger partial charge in [-0.25, -0.2) is 12.4 Å². The summed E-state index contributed by atoms with van der Waals surface area (Å²) in [6.45, 7) is 1.90. The standard InChI is InChI=1S/C20H15NO3S2/c1-14-6-8-16(9-7-14)26(23,24)21-18-5-3-2-4-17(18)20(22)12-19(21)15-10-11-25-13-15/h2-13H,1H3. The highest BCUT2D eigenvalue weighted by atomic mass is 32.2. The molecule has 0 spiro atoms. The molecule has 4 aromatic rings. The van der Waals surface area contributed by atoms with Gasteiger partial charge >= 0.3 is 0 Å². The molecule has 0 saturated carbocycles. The van der Waals surface area contributed by atoms with E-state index in [2.05, 4.69) is 0 Å². The molecule has 0 aliphatic rings. The van der Waals surface area contributed by atoms with Crippen LogP contribution in [0.25, 0.3) is 22.2 Å². The second-order valence-corrected chi connectivity index (χ2v) is 8.57. The fraction of sp³-hybridized carbons (Fsp3) is 0.0500. The van der Waals surface area contributed by atoms with Crippen molar-refractivity contribution >= 4 is 32.3 Å². The molecule has 0 atom stereocenters. The Hall–Kier alpha value is -2.70. The number of fused-ring (bicyclic) bond motifs is 1. The van der Waals surface area contributed by atoms with Crippen molar-refractivity contribution in [3.05, 3.63) is 87.2 Å². The molecule has 4 nitrogen and oxygen atoms in total. The van der Waals surface area contributed by atoms with Gasteiger partial charge in [0.15, 0.2) is 5.43 Å². The lowest BCUT2D eigenvalue weighted by Crippen LogP contribution is -2.19. The Morgan fingerprint density at radius 1 is 0.962 bits per heavy atom. The summed E-state index contributed by atoms with van der Waals surface area (Å²) in [6.07, 6.45) is 0. The van der Waals surface area contributed by atoms with Crippen molar-refractivity contribution in [2.75, 3.05) is 0 Å². The predicted molar refractivity (Wildman–Crippen MR) is 105 cm³/mol. The topological polar surface area (TPSA) is 56.1 Å². The van der Waals surface area contributed by atoms with Crippen LogP contribution in [0.1, 0.15) is 5.56 Å². The zero-order valence-electron chi connectivity index (χ0n) is 13.9. The van der Waals surface area contributed by atoms with E-state index in [1.807, 2.05) is 23.8 Å². The van der Waals surface area contributed by atoms with Crippen molar-refractivity contribution in [3.8, 4) is 11.3 Å². The molecule has 2 aromatic carbocycles. The normalized spacial score (nSPS) is 11.7. The van der Waals surface area contributed by atoms with E-state index in [0.29, 0.717) is 22.2 Å². The van der Waals surface area contributed by atoms with Crippen molar-refractivity contribution in [2.24, 2.45) is 0 Å². The average Bonchev–Trinajstić information content (AvgIpc) is 3.16. The Kier molecular flexibility index (Phi) is 4.01. The first kappa shape index (κ1) is 16.8. The number of rotatable bonds is 3. The van der Waals surface area contributed by atoms with Crippen LogP contribution in [-0.4, -0.2) is 12.4 Å². The van der Waals surface area contributed by atoms with E-state index in [0.717, 1.165) is 5.56 Å². The van der Waals surface area contributed by atoms with Gasteiger partial charge in [-0.05, 0) is 42.6 Å². The summed E-state index contributed by atoms with van der Waals surface area (Å²) in [4.78, 5) is 12.7. The summed E-state index contributed by atoms with van der Waals surface area (Å²) in [5, 5.41) is 4.07. The van der Waals surface area contributed by atoms with E-state index >= 15 is 0 Å². The number of thiophene rings is 1. The van der Waals surface area contributed by atoms with Gasteiger partial charge in [0.2, 0.25) is 0 Å². The molecule has 0 aliphatic carbocycles. The Morgan fingerprint density at radius 2 is 1.69 bits per heavy atom. The average molecular weight is 381 g/mol. The zero-order valence-corrected chi connectivity index (χ0v) is 15.5. The van der Waals surface area contributed by atoms with Crippen molar-refractivity contribution in [1.29, 1.82) is 0 Å². The van der Waals surface area contributed by atoms with Crippen molar-refractivity contribution < 1.29 is 8.42 Å². The lowest BCUT2D eigenvalue weighted by Gasteiger charge is -2.17. The third-order valence-electron chi connectivity index (χ3n) is 4.25. The quantitative estimate of drug-likeness (QED) is 0.532. The number of hydrogen-bond donors (Lipinski definition) is 0. The fourth-order valence-electron chi connectivity index (χ4n) is 2.93. The molecule has 6 heteroatoms. The van der Waals surface area contributed by atoms with Gasteiger partial charge in [-0.2, -0.15) is 11.3 Å². The van der Waals surface area contributed by atoms with E-state index < -0.39 is 10.0 Å². The van der Waals surface area contributed by atoms with Gasteiger partial charge < -0.3 is 0 Å². The second kappa shape index (κ2) is 6.23. The summed E-state index contributed by atoms with van der Waals surface area (Å²) in [5.74, 6) is 0. The molecule has 0 amide bonds. The third kappa shape index (κ3) is 2.67. The van der Waals surface area contributed by atoms with Gasteiger partial charge in [0.1, 0.15) is 0 Å². The number of nitrogens with zero attached hydrogens (tertiary/aromatic N) is 1. The third-order valence-corrected chi connectivity index (χ3v) is 6.68. The fourth-order valence-corrected chi connectivity index (χ4v) is 5.11. The maximum Gasteiger partial charge on any atom is 0.268 e. The molecule has 2 heterocycles. The highest BCUT2D eigenvalue weighted by Crippen LogP contribution is 2.29. The predicted octanol–water partition coefficient (Wildman–Crippen LogP) is 4.28. The van der Waals surface area contributed by atoms with Gasteiger partial charge in [0.25, 0.3) is 10.0 Å². The summed E-state index contributed by atoms with van der Waals surface area (Å²) >= 11 is 1.45. The minimum atomic E-state index is -3.87. The van der Waals surface area contributed by atoms with Crippen molar-refractivity contribution in [1.82, 2.24) is 3.97 Å². The van der Waals surface area contributed by atoms with Gasteiger partial charge in [-0.3, -0.25) is 4.79 Å². The largest absolute Gasteiger partial charge is 0.289 e. The molecule has 0 N–H and O–H groups in total. The molecular weight excluding hydrogens is 366 g/mol. The summed E-state index contributed by atoms with van der Waals surface area (Å²) in [6, 6.07) is 16.7. The van der Waals surface area contributed by atoms with Crippen LogP contribution in [0.15, 0.2) is 81.1 Å².